The number of aliphatic hydroxyl groups excluding tert-OH is 1. The van der Waals surface area contributed by atoms with Gasteiger partial charge in [-0.1, -0.05) is 24.3 Å². The summed E-state index contributed by atoms with van der Waals surface area (Å²) in [6, 6.07) is 14.7. The minimum Gasteiger partial charge on any atom is -0.497 e. The van der Waals surface area contributed by atoms with Crippen molar-refractivity contribution >= 4 is 11.7 Å². The van der Waals surface area contributed by atoms with Crippen molar-refractivity contribution in [1.29, 1.82) is 0 Å². The van der Waals surface area contributed by atoms with Crippen molar-refractivity contribution in [2.45, 2.75) is 77.0 Å². The van der Waals surface area contributed by atoms with Crippen LogP contribution in [0.2, 0.25) is 0 Å². The van der Waals surface area contributed by atoms with Crippen LogP contribution in [-0.2, 0) is 16.0 Å². The van der Waals surface area contributed by atoms with Crippen LogP contribution in [0.4, 0.5) is 0 Å². The predicted octanol–water partition coefficient (Wildman–Crippen LogP) is 4.47. The lowest BCUT2D eigenvalue weighted by atomic mass is 10.0. The average Bonchev–Trinajstić information content (AvgIpc) is 3.40. The molecule has 1 fully saturated rings. The van der Waals surface area contributed by atoms with Gasteiger partial charge in [-0.3, -0.25) is 9.59 Å². The molecular weight excluding hydrogens is 468 g/mol. The summed E-state index contributed by atoms with van der Waals surface area (Å²) in [5.41, 5.74) is 1.84. The maximum Gasteiger partial charge on any atom is 0.220 e. The fraction of sp³-hybridized carbons (Fsp3) is 0.533. The molecule has 7 heteroatoms. The molecule has 0 bridgehead atoms. The van der Waals surface area contributed by atoms with Crippen LogP contribution in [0, 0.1) is 0 Å². The molecule has 202 valence electrons. The van der Waals surface area contributed by atoms with Crippen LogP contribution < -0.4 is 14.8 Å². The highest BCUT2D eigenvalue weighted by Gasteiger charge is 2.26. The Morgan fingerprint density at radius 3 is 2.22 bits per heavy atom. The Bertz CT molecular complexity index is 968. The lowest BCUT2D eigenvalue weighted by molar-refractivity contribution is -0.123. The van der Waals surface area contributed by atoms with Crippen molar-refractivity contribution in [1.82, 2.24) is 10.2 Å². The first-order valence-electron chi connectivity index (χ1n) is 13.4. The number of carbonyl (C=O) groups excluding carboxylic acids is 2. The molecule has 0 spiro atoms. The van der Waals surface area contributed by atoms with E-state index < -0.39 is 12.1 Å². The minimum absolute atomic E-state index is 0.130. The van der Waals surface area contributed by atoms with E-state index in [1.54, 1.807) is 7.11 Å². The van der Waals surface area contributed by atoms with Crippen LogP contribution in [0.25, 0.3) is 0 Å². The Morgan fingerprint density at radius 1 is 0.946 bits per heavy atom. The zero-order valence-electron chi connectivity index (χ0n) is 22.4. The number of aryl methyl sites for hydroxylation is 1. The Kier molecular flexibility index (Phi) is 11.4. The molecule has 1 amide bonds. The molecule has 2 aromatic rings. The van der Waals surface area contributed by atoms with Crippen LogP contribution in [0.3, 0.4) is 0 Å². The molecule has 37 heavy (non-hydrogen) atoms. The van der Waals surface area contributed by atoms with Gasteiger partial charge >= 0.3 is 0 Å². The number of methoxy groups -OCH3 is 1. The first-order valence-corrected chi connectivity index (χ1v) is 13.4. The largest absolute Gasteiger partial charge is 0.497 e. The van der Waals surface area contributed by atoms with Gasteiger partial charge in [-0.15, -0.1) is 0 Å². The predicted molar refractivity (Wildman–Crippen MR) is 145 cm³/mol. The van der Waals surface area contributed by atoms with Gasteiger partial charge in [-0.25, -0.2) is 0 Å². The van der Waals surface area contributed by atoms with Crippen molar-refractivity contribution in [2.75, 3.05) is 26.7 Å². The van der Waals surface area contributed by atoms with E-state index in [9.17, 15) is 14.7 Å². The molecule has 1 aliphatic rings. The molecule has 2 aromatic carbocycles. The maximum absolute atomic E-state index is 12.7. The van der Waals surface area contributed by atoms with Crippen molar-refractivity contribution < 1.29 is 24.2 Å². The van der Waals surface area contributed by atoms with Gasteiger partial charge in [0, 0.05) is 25.8 Å². The van der Waals surface area contributed by atoms with Crippen molar-refractivity contribution in [3.8, 4) is 11.5 Å². The first-order chi connectivity index (χ1) is 17.8. The number of hydrogen-bond donors (Lipinski definition) is 2. The fourth-order valence-electron chi connectivity index (χ4n) is 4.64. The number of hydrogen-bond acceptors (Lipinski definition) is 6. The molecule has 2 atom stereocenters. The van der Waals surface area contributed by atoms with Crippen LogP contribution in [0.15, 0.2) is 48.5 Å². The summed E-state index contributed by atoms with van der Waals surface area (Å²) >= 11 is 0. The van der Waals surface area contributed by atoms with E-state index in [0.29, 0.717) is 32.2 Å². The zero-order chi connectivity index (χ0) is 26.6. The first kappa shape index (κ1) is 28.7. The third-order valence-electron chi connectivity index (χ3n) is 6.69. The number of rotatable bonds is 15. The number of nitrogens with zero attached hydrogens (tertiary/aromatic N) is 1. The van der Waals surface area contributed by atoms with Crippen LogP contribution in [0.1, 0.15) is 69.6 Å². The van der Waals surface area contributed by atoms with Crippen molar-refractivity contribution in [3.05, 3.63) is 59.7 Å². The number of likely N-dealkylation sites (tertiary alicyclic amines) is 1. The van der Waals surface area contributed by atoms with Crippen LogP contribution in [0.5, 0.6) is 11.5 Å². The van der Waals surface area contributed by atoms with Gasteiger partial charge in [0.15, 0.2) is 0 Å². The molecule has 0 aliphatic carbocycles. The van der Waals surface area contributed by atoms with E-state index in [4.69, 9.17) is 9.47 Å². The van der Waals surface area contributed by atoms with Gasteiger partial charge < -0.3 is 24.8 Å². The van der Waals surface area contributed by atoms with Gasteiger partial charge in [0.1, 0.15) is 23.4 Å². The Hall–Kier alpha value is -2.90. The number of amides is 1. The van der Waals surface area contributed by atoms with E-state index >= 15 is 0 Å². The van der Waals surface area contributed by atoms with E-state index in [2.05, 4.69) is 10.2 Å². The SMILES string of the molecule is COc1ccc([C@@H](O)C(CN2CCCC2)NC(=O)CCCC(=O)CCc2ccc(OC(C)C)cc2)cc1. The highest BCUT2D eigenvalue weighted by Crippen LogP contribution is 2.22. The smallest absolute Gasteiger partial charge is 0.220 e. The Balaban J connectivity index is 1.44. The molecule has 1 unspecified atom stereocenters. The van der Waals surface area contributed by atoms with Crippen molar-refractivity contribution in [2.24, 2.45) is 0 Å². The molecule has 1 saturated heterocycles. The molecule has 3 rings (SSSR count). The average molecular weight is 511 g/mol. The number of benzene rings is 2. The number of nitrogens with one attached hydrogen (secondary N) is 1. The fourth-order valence-corrected chi connectivity index (χ4v) is 4.64. The standard InChI is InChI=1S/C30H42N2O5/c1-22(2)37-27-15-10-23(11-16-27)9-14-25(33)7-6-8-29(34)31-28(21-32-19-4-5-20-32)30(35)24-12-17-26(36-3)18-13-24/h10-13,15-18,22,28,30,35H,4-9,14,19-21H2,1-3H3,(H,31,34)/t28?,30-/m1/s1. The monoisotopic (exact) mass is 510 g/mol. The summed E-state index contributed by atoms with van der Waals surface area (Å²) in [4.78, 5) is 27.4. The summed E-state index contributed by atoms with van der Waals surface area (Å²) in [5, 5.41) is 14.1. The van der Waals surface area contributed by atoms with Gasteiger partial charge in [0.2, 0.25) is 5.91 Å². The van der Waals surface area contributed by atoms with E-state index in [-0.39, 0.29) is 24.2 Å². The van der Waals surface area contributed by atoms with Gasteiger partial charge in [0.25, 0.3) is 0 Å². The summed E-state index contributed by atoms with van der Waals surface area (Å²) in [5.74, 6) is 1.57. The molecule has 1 heterocycles. The third-order valence-corrected chi connectivity index (χ3v) is 6.69. The van der Waals surface area contributed by atoms with E-state index in [1.165, 1.54) is 0 Å². The molecule has 1 aliphatic heterocycles. The number of Topliss-reactive ketones (excluding diaryl/α,β-unsaturated/α-hetero) is 1. The molecule has 0 radical (unpaired) electrons. The molecule has 7 nitrogen and oxygen atoms in total. The van der Waals surface area contributed by atoms with Gasteiger partial charge in [0.05, 0.1) is 19.3 Å². The third kappa shape index (κ3) is 9.82. The topological polar surface area (TPSA) is 88.1 Å². The zero-order valence-corrected chi connectivity index (χ0v) is 22.4. The second-order valence-electron chi connectivity index (χ2n) is 10.1. The molecule has 0 aromatic heterocycles. The van der Waals surface area contributed by atoms with Crippen LogP contribution in [-0.4, -0.2) is 60.6 Å². The summed E-state index contributed by atoms with van der Waals surface area (Å²) in [6.45, 7) is 6.53. The van der Waals surface area contributed by atoms with Gasteiger partial charge in [-0.05, 0) is 88.0 Å². The van der Waals surface area contributed by atoms with E-state index in [0.717, 1.165) is 48.6 Å². The highest BCUT2D eigenvalue weighted by molar-refractivity contribution is 5.80. The summed E-state index contributed by atoms with van der Waals surface area (Å²) in [7, 11) is 1.60. The molecule has 2 N–H and O–H groups in total. The number of ether oxygens (including phenoxy) is 2. The second-order valence-corrected chi connectivity index (χ2v) is 10.1. The lowest BCUT2D eigenvalue weighted by Crippen LogP contribution is -2.46. The normalized spacial score (nSPS) is 15.4. The lowest BCUT2D eigenvalue weighted by Gasteiger charge is -2.29. The number of ketones is 1. The summed E-state index contributed by atoms with van der Waals surface area (Å²) < 4.78 is 10.9. The Labute approximate surface area is 221 Å². The minimum atomic E-state index is -0.825. The van der Waals surface area contributed by atoms with Gasteiger partial charge in [-0.2, -0.15) is 0 Å². The number of aliphatic hydroxyl groups is 1. The molecule has 0 saturated carbocycles. The van der Waals surface area contributed by atoms with Crippen molar-refractivity contribution in [3.63, 3.8) is 0 Å². The summed E-state index contributed by atoms with van der Waals surface area (Å²) in [6.07, 6.45) is 3.85. The molecular formula is C30H42N2O5. The quantitative estimate of drug-likeness (QED) is 0.368. The number of carbonyl (C=O) groups is 2. The Morgan fingerprint density at radius 2 is 1.59 bits per heavy atom. The highest BCUT2D eigenvalue weighted by atomic mass is 16.5. The second kappa shape index (κ2) is 14.7. The van der Waals surface area contributed by atoms with Crippen LogP contribution >= 0.6 is 0 Å². The van der Waals surface area contributed by atoms with E-state index in [1.807, 2.05) is 62.4 Å². The maximum atomic E-state index is 12.7.